The van der Waals surface area contributed by atoms with Crippen LogP contribution in [0.3, 0.4) is 0 Å². The zero-order valence-corrected chi connectivity index (χ0v) is 30.9. The summed E-state index contributed by atoms with van der Waals surface area (Å²) in [6.07, 6.45) is 0. The maximum absolute atomic E-state index is 8.39. The molecule has 0 atom stereocenters. The fourth-order valence-electron chi connectivity index (χ4n) is 8.04. The number of para-hydroxylation sites is 3. The zero-order valence-electron chi connectivity index (χ0n) is 31.1. The van der Waals surface area contributed by atoms with E-state index < -0.39 is 0 Å². The smallest absolute Gasteiger partial charge is 0.166 e. The fraction of sp³-hybridized carbons (Fsp3) is 0. The van der Waals surface area contributed by atoms with Crippen molar-refractivity contribution in [2.75, 3.05) is 0 Å². The molecule has 0 fully saturated rings. The minimum atomic E-state index is 0.482. The van der Waals surface area contributed by atoms with E-state index in [1.165, 1.54) is 36.9 Å². The summed E-state index contributed by atoms with van der Waals surface area (Å²) >= 11 is 1.85. The third-order valence-electron chi connectivity index (χ3n) is 10.6. The molecule has 3 aromatic heterocycles. The summed E-state index contributed by atoms with van der Waals surface area (Å²) < 4.78 is 13.2. The Kier molecular flexibility index (Phi) is 7.39. The van der Waals surface area contributed by atoms with Crippen molar-refractivity contribution in [1.82, 2.24) is 19.5 Å². The van der Waals surface area contributed by atoms with Gasteiger partial charge in [-0.05, 0) is 52.6 Å². The van der Waals surface area contributed by atoms with Crippen molar-refractivity contribution in [3.8, 4) is 62.1 Å². The molecule has 0 aliphatic carbocycles. The van der Waals surface area contributed by atoms with Crippen LogP contribution in [0.4, 0.5) is 0 Å². The van der Waals surface area contributed by atoms with Crippen LogP contribution < -0.4 is 0 Å². The molecule has 0 N–H and O–H groups in total. The Morgan fingerprint density at radius 2 is 0.875 bits per heavy atom. The molecule has 0 aliphatic rings. The number of benzene rings is 8. The highest BCUT2D eigenvalue weighted by atomic mass is 32.1. The molecule has 56 heavy (non-hydrogen) atoms. The van der Waals surface area contributed by atoms with Crippen molar-refractivity contribution in [1.29, 1.82) is 0 Å². The lowest BCUT2D eigenvalue weighted by Gasteiger charge is -2.14. The molecule has 4 nitrogen and oxygen atoms in total. The first-order valence-electron chi connectivity index (χ1n) is 19.2. The Balaban J connectivity index is 1.09. The molecule has 0 unspecified atom stereocenters. The van der Waals surface area contributed by atoms with Gasteiger partial charge in [0.15, 0.2) is 17.5 Å². The molecule has 0 spiro atoms. The van der Waals surface area contributed by atoms with Crippen molar-refractivity contribution in [3.05, 3.63) is 194 Å². The third-order valence-corrected chi connectivity index (χ3v) is 11.9. The van der Waals surface area contributed by atoms with Gasteiger partial charge in [-0.15, -0.1) is 11.3 Å². The van der Waals surface area contributed by atoms with E-state index in [4.69, 9.17) is 16.3 Å². The molecule has 11 rings (SSSR count). The third kappa shape index (κ3) is 5.32. The summed E-state index contributed by atoms with van der Waals surface area (Å²) in [5.41, 5.74) is 10.5. The van der Waals surface area contributed by atoms with Crippen molar-refractivity contribution < 1.29 is 1.37 Å². The molecule has 0 amide bonds. The highest BCUT2D eigenvalue weighted by Gasteiger charge is 2.20. The van der Waals surface area contributed by atoms with Crippen molar-refractivity contribution >= 4 is 53.3 Å². The van der Waals surface area contributed by atoms with Crippen LogP contribution in [-0.2, 0) is 0 Å². The Hall–Kier alpha value is -7.21. The van der Waals surface area contributed by atoms with Crippen LogP contribution in [-0.4, -0.2) is 19.5 Å². The standard InChI is InChI=1S/C51H32N4S/c1-3-16-33(17-4-1)37-25-14-27-41-42-28-15-26-38(48(42)56-47(37)41)35-20-13-21-36(32-35)50-52-49(34-18-5-2-6-19-34)53-51(54-50)43-24-9-12-31-46(43)55-44-29-10-7-22-39(44)40-23-8-11-30-45(40)55/h1-32H/i7D. The van der Waals surface area contributed by atoms with Gasteiger partial charge in [-0.3, -0.25) is 0 Å². The first-order valence-corrected chi connectivity index (χ1v) is 19.5. The summed E-state index contributed by atoms with van der Waals surface area (Å²) in [6.45, 7) is 0. The summed E-state index contributed by atoms with van der Waals surface area (Å²) in [6, 6.07) is 65.6. The van der Waals surface area contributed by atoms with Gasteiger partial charge in [-0.1, -0.05) is 164 Å². The van der Waals surface area contributed by atoms with Gasteiger partial charge in [0.25, 0.3) is 0 Å². The van der Waals surface area contributed by atoms with Crippen LogP contribution >= 0.6 is 11.3 Å². The second-order valence-electron chi connectivity index (χ2n) is 13.9. The van der Waals surface area contributed by atoms with E-state index in [1.807, 2.05) is 65.9 Å². The summed E-state index contributed by atoms with van der Waals surface area (Å²) in [5.74, 6) is 1.80. The van der Waals surface area contributed by atoms with Crippen LogP contribution in [0.1, 0.15) is 1.37 Å². The van der Waals surface area contributed by atoms with Crippen molar-refractivity contribution in [3.63, 3.8) is 0 Å². The topological polar surface area (TPSA) is 43.6 Å². The van der Waals surface area contributed by atoms with Crippen LogP contribution in [0.15, 0.2) is 194 Å². The van der Waals surface area contributed by atoms with E-state index in [9.17, 15) is 0 Å². The van der Waals surface area contributed by atoms with E-state index in [1.54, 1.807) is 0 Å². The lowest BCUT2D eigenvalue weighted by atomic mass is 9.99. The second kappa shape index (κ2) is 13.3. The average Bonchev–Trinajstić information content (AvgIpc) is 3.82. The molecule has 0 saturated carbocycles. The quantitative estimate of drug-likeness (QED) is 0.171. The van der Waals surface area contributed by atoms with E-state index in [-0.39, 0.29) is 0 Å². The van der Waals surface area contributed by atoms with Gasteiger partial charge in [0, 0.05) is 47.6 Å². The van der Waals surface area contributed by atoms with Gasteiger partial charge in [-0.2, -0.15) is 0 Å². The maximum Gasteiger partial charge on any atom is 0.166 e. The van der Waals surface area contributed by atoms with Crippen LogP contribution in [0.2, 0.25) is 0 Å². The monoisotopic (exact) mass is 733 g/mol. The van der Waals surface area contributed by atoms with E-state index in [0.29, 0.717) is 23.5 Å². The Labute approximate surface area is 329 Å². The van der Waals surface area contributed by atoms with E-state index in [2.05, 4.69) is 138 Å². The van der Waals surface area contributed by atoms with Gasteiger partial charge in [0.05, 0.1) is 18.1 Å². The Morgan fingerprint density at radius 3 is 1.64 bits per heavy atom. The van der Waals surface area contributed by atoms with Gasteiger partial charge < -0.3 is 4.57 Å². The van der Waals surface area contributed by atoms with Crippen molar-refractivity contribution in [2.45, 2.75) is 0 Å². The molecule has 11 aromatic rings. The first-order chi connectivity index (χ1) is 28.2. The first kappa shape index (κ1) is 31.2. The lowest BCUT2D eigenvalue weighted by Crippen LogP contribution is -2.03. The van der Waals surface area contributed by atoms with E-state index >= 15 is 0 Å². The predicted octanol–water partition coefficient (Wildman–Crippen LogP) is 13.7. The molecule has 0 saturated heterocycles. The maximum atomic E-state index is 8.39. The van der Waals surface area contributed by atoms with Crippen molar-refractivity contribution in [2.24, 2.45) is 0 Å². The summed E-state index contributed by atoms with van der Waals surface area (Å²) in [4.78, 5) is 15.5. The zero-order chi connectivity index (χ0) is 37.9. The second-order valence-corrected chi connectivity index (χ2v) is 14.9. The molecule has 5 heteroatoms. The van der Waals surface area contributed by atoms with Gasteiger partial charge >= 0.3 is 0 Å². The highest BCUT2D eigenvalue weighted by molar-refractivity contribution is 7.26. The van der Waals surface area contributed by atoms with Crippen LogP contribution in [0.5, 0.6) is 0 Å². The molecule has 8 aromatic carbocycles. The number of rotatable bonds is 6. The number of hydrogen-bond acceptors (Lipinski definition) is 4. The molecule has 262 valence electrons. The van der Waals surface area contributed by atoms with E-state index in [0.717, 1.165) is 49.7 Å². The highest BCUT2D eigenvalue weighted by Crippen LogP contribution is 2.44. The van der Waals surface area contributed by atoms with Gasteiger partial charge in [0.1, 0.15) is 0 Å². The molecular formula is C51H32N4S. The molecular weight excluding hydrogens is 701 g/mol. The lowest BCUT2D eigenvalue weighted by molar-refractivity contribution is 1.06. The number of fused-ring (bicyclic) bond motifs is 6. The SMILES string of the molecule is [2H]c1ccc2c(c1)c1ccccc1n2-c1ccccc1-c1nc(-c2ccccc2)nc(-c2cccc(-c3cccc4c3sc3c(-c5ccccc5)cccc34)c2)n1. The number of aromatic nitrogens is 4. The summed E-state index contributed by atoms with van der Waals surface area (Å²) in [5, 5.41) is 4.66. The minimum absolute atomic E-state index is 0.482. The molecule has 3 heterocycles. The molecule has 0 aliphatic heterocycles. The average molecular weight is 734 g/mol. The molecule has 0 bridgehead atoms. The minimum Gasteiger partial charge on any atom is -0.309 e. The number of thiophene rings is 1. The van der Waals surface area contributed by atoms with Crippen LogP contribution in [0, 0.1) is 0 Å². The van der Waals surface area contributed by atoms with Gasteiger partial charge in [0.2, 0.25) is 0 Å². The number of nitrogens with zero attached hydrogens (tertiary/aromatic N) is 4. The molecule has 0 radical (unpaired) electrons. The predicted molar refractivity (Wildman–Crippen MR) is 234 cm³/mol. The largest absolute Gasteiger partial charge is 0.309 e. The Bertz CT molecular complexity index is 3310. The fourth-order valence-corrected chi connectivity index (χ4v) is 9.41. The summed E-state index contributed by atoms with van der Waals surface area (Å²) in [7, 11) is 0. The normalized spacial score (nSPS) is 11.8. The number of hydrogen-bond donors (Lipinski definition) is 0. The van der Waals surface area contributed by atoms with Gasteiger partial charge in [-0.25, -0.2) is 15.0 Å². The Morgan fingerprint density at radius 1 is 0.375 bits per heavy atom. The van der Waals surface area contributed by atoms with Crippen LogP contribution in [0.25, 0.3) is 104 Å².